The van der Waals surface area contributed by atoms with Crippen molar-refractivity contribution < 1.29 is 0 Å². The van der Waals surface area contributed by atoms with Crippen molar-refractivity contribution >= 4 is 16.7 Å². The summed E-state index contributed by atoms with van der Waals surface area (Å²) in [5.74, 6) is 1.10. The van der Waals surface area contributed by atoms with Crippen LogP contribution >= 0.6 is 0 Å². The fraction of sp³-hybridized carbons (Fsp3) is 0.357. The van der Waals surface area contributed by atoms with Gasteiger partial charge in [0.25, 0.3) is 0 Å². The van der Waals surface area contributed by atoms with Crippen LogP contribution in [0.4, 0.5) is 5.82 Å². The molecule has 0 unspecified atom stereocenters. The zero-order chi connectivity index (χ0) is 11.7. The lowest BCUT2D eigenvalue weighted by Gasteiger charge is -2.38. The fourth-order valence-corrected chi connectivity index (χ4v) is 2.32. The third-order valence-corrected chi connectivity index (χ3v) is 3.42. The average molecular weight is 227 g/mol. The quantitative estimate of drug-likeness (QED) is 0.869. The zero-order valence-corrected chi connectivity index (χ0v) is 10.1. The molecule has 3 nitrogen and oxygen atoms in total. The topological polar surface area (TPSA) is 28.2 Å². The summed E-state index contributed by atoms with van der Waals surface area (Å²) in [7, 11) is 0. The number of hydrogen-bond acceptors (Lipinski definition) is 3. The maximum absolute atomic E-state index is 4.75. The molecule has 17 heavy (non-hydrogen) atoms. The maximum atomic E-state index is 4.75. The molecule has 1 aliphatic heterocycles. The predicted octanol–water partition coefficient (Wildman–Crippen LogP) is 2.03. The molecule has 2 heterocycles. The van der Waals surface area contributed by atoms with E-state index in [1.54, 1.807) is 0 Å². The molecule has 3 rings (SSSR count). The number of anilines is 1. The van der Waals surface area contributed by atoms with Gasteiger partial charge in [0.15, 0.2) is 0 Å². The molecule has 0 aliphatic carbocycles. The van der Waals surface area contributed by atoms with Crippen molar-refractivity contribution in [1.29, 1.82) is 0 Å². The highest BCUT2D eigenvalue weighted by atomic mass is 15.3. The van der Waals surface area contributed by atoms with Crippen LogP contribution in [0.25, 0.3) is 10.9 Å². The van der Waals surface area contributed by atoms with Crippen molar-refractivity contribution in [2.75, 3.05) is 24.5 Å². The minimum atomic E-state index is 0.605. The van der Waals surface area contributed by atoms with Crippen LogP contribution in [0.5, 0.6) is 0 Å². The number of para-hydroxylation sites is 1. The number of nitrogens with one attached hydrogen (secondary N) is 1. The van der Waals surface area contributed by atoms with Crippen LogP contribution in [0.15, 0.2) is 36.4 Å². The number of hydrogen-bond donors (Lipinski definition) is 1. The Labute approximate surface area is 101 Å². The molecule has 1 aliphatic rings. The van der Waals surface area contributed by atoms with Crippen LogP contribution in [0, 0.1) is 0 Å². The molecule has 0 spiro atoms. The molecule has 1 saturated heterocycles. The molecule has 0 bridgehead atoms. The Kier molecular flexibility index (Phi) is 2.69. The first-order valence-corrected chi connectivity index (χ1v) is 6.21. The summed E-state index contributed by atoms with van der Waals surface area (Å²) in [6.07, 6.45) is 0. The van der Waals surface area contributed by atoms with Crippen LogP contribution in [0.2, 0.25) is 0 Å². The van der Waals surface area contributed by atoms with E-state index in [9.17, 15) is 0 Å². The Morgan fingerprint density at radius 1 is 1.24 bits per heavy atom. The maximum Gasteiger partial charge on any atom is 0.129 e. The Balaban J connectivity index is 1.98. The Hall–Kier alpha value is -1.61. The van der Waals surface area contributed by atoms with Crippen LogP contribution in [-0.2, 0) is 0 Å². The SMILES string of the molecule is CCN(c1ccc2ccccc2n1)C1CNC1. The van der Waals surface area contributed by atoms with Gasteiger partial charge in [-0.2, -0.15) is 0 Å². The van der Waals surface area contributed by atoms with Crippen molar-refractivity contribution in [1.82, 2.24) is 10.3 Å². The van der Waals surface area contributed by atoms with E-state index in [-0.39, 0.29) is 0 Å². The first kappa shape index (κ1) is 10.5. The Bertz CT molecular complexity index is 520. The first-order valence-electron chi connectivity index (χ1n) is 6.21. The third-order valence-electron chi connectivity index (χ3n) is 3.42. The fourth-order valence-electron chi connectivity index (χ4n) is 2.32. The van der Waals surface area contributed by atoms with E-state index in [1.807, 2.05) is 6.07 Å². The van der Waals surface area contributed by atoms with Crippen molar-refractivity contribution in [3.63, 3.8) is 0 Å². The van der Waals surface area contributed by atoms with Gasteiger partial charge in [0.2, 0.25) is 0 Å². The molecule has 0 amide bonds. The number of benzene rings is 1. The third kappa shape index (κ3) is 1.87. The van der Waals surface area contributed by atoms with Gasteiger partial charge in [-0.1, -0.05) is 18.2 Å². The summed E-state index contributed by atoms with van der Waals surface area (Å²) < 4.78 is 0. The second-order valence-corrected chi connectivity index (χ2v) is 4.46. The molecule has 0 radical (unpaired) electrons. The number of fused-ring (bicyclic) bond motifs is 1. The smallest absolute Gasteiger partial charge is 0.129 e. The van der Waals surface area contributed by atoms with Crippen LogP contribution in [0.1, 0.15) is 6.92 Å². The summed E-state index contributed by atoms with van der Waals surface area (Å²) in [6, 6.07) is 13.2. The largest absolute Gasteiger partial charge is 0.351 e. The van der Waals surface area contributed by atoms with E-state index in [4.69, 9.17) is 4.98 Å². The van der Waals surface area contributed by atoms with Gasteiger partial charge < -0.3 is 10.2 Å². The van der Waals surface area contributed by atoms with Crippen molar-refractivity contribution in [3.8, 4) is 0 Å². The highest BCUT2D eigenvalue weighted by Crippen LogP contribution is 2.20. The van der Waals surface area contributed by atoms with Crippen LogP contribution < -0.4 is 10.2 Å². The highest BCUT2D eigenvalue weighted by molar-refractivity contribution is 5.80. The molecule has 0 atom stereocenters. The minimum absolute atomic E-state index is 0.605. The van der Waals surface area contributed by atoms with Crippen molar-refractivity contribution in [3.05, 3.63) is 36.4 Å². The van der Waals surface area contributed by atoms with E-state index in [0.717, 1.165) is 31.0 Å². The molecule has 0 saturated carbocycles. The molecule has 1 N–H and O–H groups in total. The number of nitrogens with zero attached hydrogens (tertiary/aromatic N) is 2. The summed E-state index contributed by atoms with van der Waals surface area (Å²) >= 11 is 0. The van der Waals surface area contributed by atoms with Gasteiger partial charge in [-0.05, 0) is 25.1 Å². The summed E-state index contributed by atoms with van der Waals surface area (Å²) in [6.45, 7) is 5.34. The monoisotopic (exact) mass is 227 g/mol. The van der Waals surface area contributed by atoms with E-state index >= 15 is 0 Å². The van der Waals surface area contributed by atoms with Gasteiger partial charge in [-0.15, -0.1) is 0 Å². The lowest BCUT2D eigenvalue weighted by Crippen LogP contribution is -2.57. The number of likely N-dealkylation sites (N-methyl/N-ethyl adjacent to an activating group) is 1. The van der Waals surface area contributed by atoms with E-state index < -0.39 is 0 Å². The van der Waals surface area contributed by atoms with Crippen LogP contribution in [-0.4, -0.2) is 30.7 Å². The Morgan fingerprint density at radius 3 is 2.76 bits per heavy atom. The van der Waals surface area contributed by atoms with Gasteiger partial charge in [-0.3, -0.25) is 0 Å². The minimum Gasteiger partial charge on any atom is -0.351 e. The summed E-state index contributed by atoms with van der Waals surface area (Å²) in [4.78, 5) is 7.13. The molecular weight excluding hydrogens is 210 g/mol. The number of pyridine rings is 1. The van der Waals surface area contributed by atoms with Gasteiger partial charge in [0.1, 0.15) is 5.82 Å². The molecular formula is C14H17N3. The second-order valence-electron chi connectivity index (χ2n) is 4.46. The first-order chi connectivity index (χ1) is 8.38. The van der Waals surface area contributed by atoms with E-state index in [1.165, 1.54) is 5.39 Å². The molecule has 88 valence electrons. The van der Waals surface area contributed by atoms with Crippen molar-refractivity contribution in [2.45, 2.75) is 13.0 Å². The standard InChI is InChI=1S/C14H17N3/c1-2-17(12-9-15-10-12)14-8-7-11-5-3-4-6-13(11)16-14/h3-8,12,15H,2,9-10H2,1H3. The van der Waals surface area contributed by atoms with Gasteiger partial charge in [-0.25, -0.2) is 4.98 Å². The summed E-state index contributed by atoms with van der Waals surface area (Å²) in [5, 5.41) is 4.52. The van der Waals surface area contributed by atoms with E-state index in [2.05, 4.69) is 47.5 Å². The number of aromatic nitrogens is 1. The molecule has 1 fully saturated rings. The summed E-state index contributed by atoms with van der Waals surface area (Å²) in [5.41, 5.74) is 1.08. The number of rotatable bonds is 3. The average Bonchev–Trinajstić information content (AvgIpc) is 2.33. The molecule has 3 heteroatoms. The second kappa shape index (κ2) is 4.34. The van der Waals surface area contributed by atoms with Crippen LogP contribution in [0.3, 0.4) is 0 Å². The normalized spacial score (nSPS) is 15.8. The van der Waals surface area contributed by atoms with Gasteiger partial charge in [0, 0.05) is 25.0 Å². The lowest BCUT2D eigenvalue weighted by atomic mass is 10.1. The van der Waals surface area contributed by atoms with Crippen molar-refractivity contribution in [2.24, 2.45) is 0 Å². The Morgan fingerprint density at radius 2 is 2.06 bits per heavy atom. The molecule has 1 aromatic heterocycles. The highest BCUT2D eigenvalue weighted by Gasteiger charge is 2.24. The van der Waals surface area contributed by atoms with Gasteiger partial charge >= 0.3 is 0 Å². The lowest BCUT2D eigenvalue weighted by molar-refractivity contribution is 0.415. The molecule has 1 aromatic carbocycles. The molecule has 2 aromatic rings. The van der Waals surface area contributed by atoms with E-state index in [0.29, 0.717) is 6.04 Å². The predicted molar refractivity (Wildman–Crippen MR) is 71.4 cm³/mol. The zero-order valence-electron chi connectivity index (χ0n) is 10.1. The van der Waals surface area contributed by atoms with Gasteiger partial charge in [0.05, 0.1) is 11.6 Å².